The van der Waals surface area contributed by atoms with Crippen LogP contribution in [0.15, 0.2) is 36.4 Å². The molecule has 0 fully saturated rings. The molecule has 1 unspecified atom stereocenters. The molecule has 0 bridgehead atoms. The minimum Gasteiger partial charge on any atom is -0.481 e. The van der Waals surface area contributed by atoms with Crippen molar-refractivity contribution in [3.63, 3.8) is 0 Å². The first-order chi connectivity index (χ1) is 10.9. The number of carbonyl (C=O) groups excluding carboxylic acids is 1. The van der Waals surface area contributed by atoms with Crippen LogP contribution in [0.25, 0.3) is 0 Å². The molecule has 2 aromatic rings. The van der Waals surface area contributed by atoms with E-state index in [2.05, 4.69) is 5.32 Å². The highest BCUT2D eigenvalue weighted by molar-refractivity contribution is 6.44. The van der Waals surface area contributed by atoms with Gasteiger partial charge in [0.05, 0.1) is 32.4 Å². The second kappa shape index (κ2) is 7.56. The summed E-state index contributed by atoms with van der Waals surface area (Å²) in [5.41, 5.74) is 0.860. The molecule has 1 N–H and O–H groups in total. The lowest BCUT2D eigenvalue weighted by atomic mass is 10.2. The van der Waals surface area contributed by atoms with Crippen LogP contribution in [0.2, 0.25) is 15.1 Å². The fourth-order valence-corrected chi connectivity index (χ4v) is 2.31. The molecular formula is C16H11Cl3N2O2. The molecular weight excluding hydrogens is 359 g/mol. The summed E-state index contributed by atoms with van der Waals surface area (Å²) in [5, 5.41) is 12.2. The fourth-order valence-electron chi connectivity index (χ4n) is 1.72. The van der Waals surface area contributed by atoms with Crippen LogP contribution in [0.1, 0.15) is 12.5 Å². The normalized spacial score (nSPS) is 11.4. The second-order valence-electron chi connectivity index (χ2n) is 4.63. The Bertz CT molecular complexity index is 770. The lowest BCUT2D eigenvalue weighted by molar-refractivity contribution is -0.122. The molecule has 1 atom stereocenters. The number of carbonyl (C=O) groups is 1. The standard InChI is InChI=1S/C16H11Cl3N2O2/c1-9(23-11-4-2-10(8-20)3-5-11)16(22)21-15-7-13(18)12(17)6-14(15)19/h2-7,9H,1H3,(H,21,22). The minimum atomic E-state index is -0.770. The number of rotatable bonds is 4. The Balaban J connectivity index is 2.05. The monoisotopic (exact) mass is 368 g/mol. The summed E-state index contributed by atoms with van der Waals surface area (Å²) in [4.78, 5) is 12.2. The quantitative estimate of drug-likeness (QED) is 0.778. The Kier molecular flexibility index (Phi) is 5.73. The molecule has 118 valence electrons. The molecule has 0 aliphatic rings. The number of anilines is 1. The molecule has 0 saturated carbocycles. The fraction of sp³-hybridized carbons (Fsp3) is 0.125. The van der Waals surface area contributed by atoms with Gasteiger partial charge in [0.15, 0.2) is 6.10 Å². The number of nitrogens with zero attached hydrogens (tertiary/aromatic N) is 1. The molecule has 23 heavy (non-hydrogen) atoms. The van der Waals surface area contributed by atoms with E-state index in [4.69, 9.17) is 44.8 Å². The largest absolute Gasteiger partial charge is 0.481 e. The maximum Gasteiger partial charge on any atom is 0.265 e. The van der Waals surface area contributed by atoms with Crippen LogP contribution in [0, 0.1) is 11.3 Å². The number of halogens is 3. The third-order valence-corrected chi connectivity index (χ3v) is 3.97. The summed E-state index contributed by atoms with van der Waals surface area (Å²) < 4.78 is 5.52. The number of hydrogen-bond acceptors (Lipinski definition) is 3. The molecule has 4 nitrogen and oxygen atoms in total. The summed E-state index contributed by atoms with van der Waals surface area (Å²) in [5.74, 6) is 0.0848. The van der Waals surface area contributed by atoms with Gasteiger partial charge >= 0.3 is 0 Å². The van der Waals surface area contributed by atoms with Gasteiger partial charge in [0.1, 0.15) is 5.75 Å². The summed E-state index contributed by atoms with van der Waals surface area (Å²) in [7, 11) is 0. The van der Waals surface area contributed by atoms with Crippen LogP contribution < -0.4 is 10.1 Å². The molecule has 0 saturated heterocycles. The van der Waals surface area contributed by atoms with Gasteiger partial charge in [-0.25, -0.2) is 0 Å². The average molecular weight is 370 g/mol. The van der Waals surface area contributed by atoms with Crippen molar-refractivity contribution < 1.29 is 9.53 Å². The summed E-state index contributed by atoms with van der Waals surface area (Å²) in [6, 6.07) is 11.4. The number of amides is 1. The van der Waals surface area contributed by atoms with E-state index in [1.54, 1.807) is 31.2 Å². The first-order valence-corrected chi connectivity index (χ1v) is 7.66. The zero-order chi connectivity index (χ0) is 17.0. The topological polar surface area (TPSA) is 62.1 Å². The van der Waals surface area contributed by atoms with E-state index in [0.29, 0.717) is 22.0 Å². The lowest BCUT2D eigenvalue weighted by Crippen LogP contribution is -2.30. The molecule has 0 aliphatic heterocycles. The van der Waals surface area contributed by atoms with Crippen molar-refractivity contribution in [2.75, 3.05) is 5.32 Å². The van der Waals surface area contributed by atoms with E-state index >= 15 is 0 Å². The van der Waals surface area contributed by atoms with Crippen LogP contribution >= 0.6 is 34.8 Å². The Morgan fingerprint density at radius 1 is 1.13 bits per heavy atom. The van der Waals surface area contributed by atoms with Gasteiger partial charge in [-0.1, -0.05) is 34.8 Å². The third kappa shape index (κ3) is 4.52. The Hall–Kier alpha value is -1.93. The maximum absolute atomic E-state index is 12.2. The zero-order valence-electron chi connectivity index (χ0n) is 11.9. The molecule has 0 heterocycles. The SMILES string of the molecule is CC(Oc1ccc(C#N)cc1)C(=O)Nc1cc(Cl)c(Cl)cc1Cl. The van der Waals surface area contributed by atoms with Crippen molar-refractivity contribution in [2.24, 2.45) is 0 Å². The molecule has 2 rings (SSSR count). The first-order valence-electron chi connectivity index (χ1n) is 6.53. The molecule has 0 aromatic heterocycles. The highest BCUT2D eigenvalue weighted by Crippen LogP contribution is 2.32. The Labute approximate surface area is 148 Å². The molecule has 1 amide bonds. The average Bonchev–Trinajstić information content (AvgIpc) is 2.53. The number of ether oxygens (including phenoxy) is 1. The van der Waals surface area contributed by atoms with Gasteiger partial charge in [0.2, 0.25) is 0 Å². The van der Waals surface area contributed by atoms with Crippen molar-refractivity contribution in [1.82, 2.24) is 0 Å². The van der Waals surface area contributed by atoms with Crippen LogP contribution in [0.3, 0.4) is 0 Å². The van der Waals surface area contributed by atoms with E-state index in [1.807, 2.05) is 6.07 Å². The van der Waals surface area contributed by atoms with E-state index in [-0.39, 0.29) is 10.0 Å². The van der Waals surface area contributed by atoms with E-state index in [9.17, 15) is 4.79 Å². The molecule has 2 aromatic carbocycles. The van der Waals surface area contributed by atoms with Crippen LogP contribution in [0.4, 0.5) is 5.69 Å². The smallest absolute Gasteiger partial charge is 0.265 e. The molecule has 7 heteroatoms. The summed E-state index contributed by atoms with van der Waals surface area (Å²) in [6.07, 6.45) is -0.770. The number of nitrogens with one attached hydrogen (secondary N) is 1. The van der Waals surface area contributed by atoms with Gasteiger partial charge in [-0.05, 0) is 43.3 Å². The third-order valence-electron chi connectivity index (χ3n) is 2.93. The van der Waals surface area contributed by atoms with Crippen LogP contribution in [0.5, 0.6) is 5.75 Å². The summed E-state index contributed by atoms with van der Waals surface area (Å²) >= 11 is 17.8. The predicted octanol–water partition coefficient (Wildman–Crippen LogP) is 4.92. The van der Waals surface area contributed by atoms with Crippen LogP contribution in [-0.4, -0.2) is 12.0 Å². The van der Waals surface area contributed by atoms with Crippen molar-refractivity contribution in [2.45, 2.75) is 13.0 Å². The van der Waals surface area contributed by atoms with Gasteiger partial charge in [0, 0.05) is 0 Å². The van der Waals surface area contributed by atoms with E-state index in [1.165, 1.54) is 12.1 Å². The highest BCUT2D eigenvalue weighted by Gasteiger charge is 2.17. The minimum absolute atomic E-state index is 0.276. The van der Waals surface area contributed by atoms with Crippen molar-refractivity contribution in [3.8, 4) is 11.8 Å². The molecule has 0 aliphatic carbocycles. The number of benzene rings is 2. The van der Waals surface area contributed by atoms with Crippen molar-refractivity contribution in [3.05, 3.63) is 57.0 Å². The van der Waals surface area contributed by atoms with E-state index in [0.717, 1.165) is 0 Å². The van der Waals surface area contributed by atoms with Gasteiger partial charge in [0.25, 0.3) is 5.91 Å². The summed E-state index contributed by atoms with van der Waals surface area (Å²) in [6.45, 7) is 1.60. The number of hydrogen-bond donors (Lipinski definition) is 1. The number of nitriles is 1. The van der Waals surface area contributed by atoms with Gasteiger partial charge in [-0.15, -0.1) is 0 Å². The Morgan fingerprint density at radius 3 is 2.35 bits per heavy atom. The van der Waals surface area contributed by atoms with Crippen molar-refractivity contribution in [1.29, 1.82) is 5.26 Å². The first kappa shape index (κ1) is 17.4. The van der Waals surface area contributed by atoms with Gasteiger partial charge in [-0.3, -0.25) is 4.79 Å². The lowest BCUT2D eigenvalue weighted by Gasteiger charge is -2.15. The zero-order valence-corrected chi connectivity index (χ0v) is 14.2. The van der Waals surface area contributed by atoms with Gasteiger partial charge in [-0.2, -0.15) is 5.26 Å². The van der Waals surface area contributed by atoms with Crippen molar-refractivity contribution >= 4 is 46.4 Å². The molecule has 0 spiro atoms. The second-order valence-corrected chi connectivity index (χ2v) is 5.85. The predicted molar refractivity (Wildman–Crippen MR) is 91.3 cm³/mol. The van der Waals surface area contributed by atoms with E-state index < -0.39 is 12.0 Å². The highest BCUT2D eigenvalue weighted by atomic mass is 35.5. The Morgan fingerprint density at radius 2 is 1.74 bits per heavy atom. The molecule has 0 radical (unpaired) electrons. The van der Waals surface area contributed by atoms with Gasteiger partial charge < -0.3 is 10.1 Å². The van der Waals surface area contributed by atoms with Crippen LogP contribution in [-0.2, 0) is 4.79 Å². The maximum atomic E-state index is 12.2.